The molecule has 0 amide bonds. The van der Waals surface area contributed by atoms with E-state index in [1.54, 1.807) is 6.08 Å². The summed E-state index contributed by atoms with van der Waals surface area (Å²) in [7, 11) is -9.73. The zero-order chi connectivity index (χ0) is 46.0. The van der Waals surface area contributed by atoms with Gasteiger partial charge < -0.3 is 34.4 Å². The topological polar surface area (TPSA) is 216 Å². The highest BCUT2D eigenvalue weighted by Crippen LogP contribution is 2.43. The van der Waals surface area contributed by atoms with Gasteiger partial charge in [-0.1, -0.05) is 142 Å². The van der Waals surface area contributed by atoms with Gasteiger partial charge in [-0.25, -0.2) is 9.13 Å². The van der Waals surface area contributed by atoms with Gasteiger partial charge in [0.25, 0.3) is 0 Å². The van der Waals surface area contributed by atoms with E-state index in [1.165, 1.54) is 0 Å². The molecule has 0 aromatic rings. The van der Waals surface area contributed by atoms with E-state index < -0.39 is 72.3 Å². The molecule has 0 bridgehead atoms. The number of carbonyl (C=O) groups is 2. The number of rotatable bonds is 39. The van der Waals surface area contributed by atoms with Crippen LogP contribution in [0.1, 0.15) is 123 Å². The molecule has 16 heteroatoms. The van der Waals surface area contributed by atoms with Crippen molar-refractivity contribution in [3.05, 3.63) is 109 Å². The number of aliphatic hydroxyl groups excluding tert-OH is 2. The van der Waals surface area contributed by atoms with E-state index in [0.29, 0.717) is 25.7 Å². The van der Waals surface area contributed by atoms with E-state index in [-0.39, 0.29) is 12.8 Å². The fraction of sp³-hybridized carbons (Fsp3) is 0.565. The Morgan fingerprint density at radius 2 is 1.05 bits per heavy atom. The molecule has 0 aromatic heterocycles. The molecule has 4 atom stereocenters. The first kappa shape index (κ1) is 58.7. The van der Waals surface area contributed by atoms with Crippen LogP contribution in [-0.4, -0.2) is 81.6 Å². The molecule has 0 aliphatic carbocycles. The maximum atomic E-state index is 12.7. The van der Waals surface area contributed by atoms with Gasteiger partial charge in [0.2, 0.25) is 0 Å². The van der Waals surface area contributed by atoms with E-state index in [0.717, 1.165) is 70.6 Å². The lowest BCUT2D eigenvalue weighted by Gasteiger charge is -2.20. The third-order valence-electron chi connectivity index (χ3n) is 8.24. The Balaban J connectivity index is 4.71. The Hall–Kier alpha value is -3.26. The molecule has 0 saturated heterocycles. The molecule has 14 nitrogen and oxygen atoms in total. The van der Waals surface area contributed by atoms with Crippen molar-refractivity contribution in [3.8, 4) is 0 Å². The van der Waals surface area contributed by atoms with Gasteiger partial charge in [0, 0.05) is 12.8 Å². The fourth-order valence-electron chi connectivity index (χ4n) is 5.00. The number of hydrogen-bond acceptors (Lipinski definition) is 11. The minimum Gasteiger partial charge on any atom is -0.462 e. The lowest BCUT2D eigenvalue weighted by Crippen LogP contribution is -2.29. The molecule has 2 unspecified atom stereocenters. The minimum absolute atomic E-state index is 0.0437. The van der Waals surface area contributed by atoms with Crippen LogP contribution in [0.15, 0.2) is 109 Å². The second-order valence-electron chi connectivity index (χ2n) is 14.1. The number of allylic oxidation sites excluding steroid dienone is 16. The van der Waals surface area contributed by atoms with Crippen LogP contribution in [0.2, 0.25) is 0 Å². The molecule has 0 heterocycles. The van der Waals surface area contributed by atoms with Gasteiger partial charge in [0.1, 0.15) is 12.7 Å². The van der Waals surface area contributed by atoms with Crippen LogP contribution in [0, 0.1) is 0 Å². The summed E-state index contributed by atoms with van der Waals surface area (Å²) < 4.78 is 47.6. The molecule has 62 heavy (non-hydrogen) atoms. The van der Waals surface area contributed by atoms with E-state index >= 15 is 0 Å². The number of unbranched alkanes of at least 4 members (excludes halogenated alkanes) is 5. The second-order valence-corrected chi connectivity index (χ2v) is 16.7. The van der Waals surface area contributed by atoms with Gasteiger partial charge in [0.05, 0.1) is 25.9 Å². The van der Waals surface area contributed by atoms with Crippen molar-refractivity contribution >= 4 is 27.6 Å². The van der Waals surface area contributed by atoms with Crippen LogP contribution in [0.3, 0.4) is 0 Å². The zero-order valence-corrected chi connectivity index (χ0v) is 38.6. The number of hydrogen-bond donors (Lipinski definition) is 5. The van der Waals surface area contributed by atoms with E-state index in [2.05, 4.69) is 71.5 Å². The smallest absolute Gasteiger partial charge is 0.462 e. The predicted molar refractivity (Wildman–Crippen MR) is 245 cm³/mol. The molecule has 0 fully saturated rings. The van der Waals surface area contributed by atoms with Crippen LogP contribution in [0.4, 0.5) is 0 Å². The molecular weight excluding hydrogens is 838 g/mol. The summed E-state index contributed by atoms with van der Waals surface area (Å²) in [4.78, 5) is 52.7. The monoisotopic (exact) mass is 912 g/mol. The van der Waals surface area contributed by atoms with Crippen molar-refractivity contribution in [2.75, 3.05) is 26.4 Å². The highest BCUT2D eigenvalue weighted by Gasteiger charge is 2.28. The van der Waals surface area contributed by atoms with Crippen molar-refractivity contribution in [2.45, 2.75) is 141 Å². The third-order valence-corrected chi connectivity index (χ3v) is 9.68. The second kappa shape index (κ2) is 40.5. The van der Waals surface area contributed by atoms with Gasteiger partial charge in [-0.05, 0) is 77.0 Å². The highest BCUT2D eigenvalue weighted by molar-refractivity contribution is 7.47. The minimum atomic E-state index is -4.88. The Morgan fingerprint density at radius 3 is 1.68 bits per heavy atom. The van der Waals surface area contributed by atoms with Crippen molar-refractivity contribution in [2.24, 2.45) is 0 Å². The Kier molecular flexibility index (Phi) is 38.4. The number of phosphoric acid groups is 2. The zero-order valence-electron chi connectivity index (χ0n) is 36.8. The van der Waals surface area contributed by atoms with Gasteiger partial charge in [-0.15, -0.1) is 0 Å². The molecule has 0 saturated carbocycles. The first-order valence-electron chi connectivity index (χ1n) is 21.7. The standard InChI is InChI=1S/C46H74O14P2/c1-3-5-7-8-9-10-11-12-13-16-20-23-26-29-33-37-46(50)60-44(41-59-62(54,55)58-39-43(48)38-57-61(51,52)53)40-56-45(49)36-32-28-25-22-19-17-14-15-18-21-24-27-31-35-42(47)34-30-6-4-2/h5-7,9-10,12-13,15,17-19,24-25,27-28,30-31,35,42-44,47-48H,3-4,8,11,14,16,20-23,26,29,32-34,36-41H2,1-2H3,(H,54,55)(H2,51,52,53)/b7-5-,10-9-,13-12-,18-15-,19-17-,27-24+,28-25-,30-6-,35-31+/t42?,43-,44+/m0/s1. The maximum absolute atomic E-state index is 12.7. The summed E-state index contributed by atoms with van der Waals surface area (Å²) in [5, 5.41) is 19.6. The van der Waals surface area contributed by atoms with Crippen LogP contribution in [0.5, 0.6) is 0 Å². The lowest BCUT2D eigenvalue weighted by atomic mass is 10.1. The molecule has 0 rings (SSSR count). The largest absolute Gasteiger partial charge is 0.472 e. The van der Waals surface area contributed by atoms with E-state index in [9.17, 15) is 33.8 Å². The molecule has 5 N–H and O–H groups in total. The Bertz CT molecular complexity index is 1520. The summed E-state index contributed by atoms with van der Waals surface area (Å²) in [5.41, 5.74) is 0. The quantitative estimate of drug-likeness (QED) is 0.0128. The molecule has 352 valence electrons. The molecular formula is C46H74O14P2. The predicted octanol–water partition coefficient (Wildman–Crippen LogP) is 10.1. The number of carbonyl (C=O) groups excluding carboxylic acids is 2. The van der Waals surface area contributed by atoms with Crippen LogP contribution in [-0.2, 0) is 41.8 Å². The summed E-state index contributed by atoms with van der Waals surface area (Å²) in [6, 6.07) is 0. The Morgan fingerprint density at radius 1 is 0.532 bits per heavy atom. The van der Waals surface area contributed by atoms with Crippen molar-refractivity contribution < 1.29 is 66.7 Å². The SMILES string of the molecule is CC/C=C\C/C=C\C/C=C\CCCCCCCC(=O)O[C@H](COC(=O)CC/C=C\C/C=C\C/C=C\C/C=C/C=C/C(O)C/C=C\CC)COP(=O)(O)OC[C@@H](O)COP(=O)(O)O. The van der Waals surface area contributed by atoms with Gasteiger partial charge >= 0.3 is 27.6 Å². The van der Waals surface area contributed by atoms with Crippen LogP contribution in [0.25, 0.3) is 0 Å². The number of esters is 2. The number of phosphoric ester groups is 2. The average Bonchev–Trinajstić information content (AvgIpc) is 3.23. The van der Waals surface area contributed by atoms with E-state index in [1.807, 2.05) is 54.7 Å². The van der Waals surface area contributed by atoms with Crippen molar-refractivity contribution in [1.82, 2.24) is 0 Å². The van der Waals surface area contributed by atoms with Crippen molar-refractivity contribution in [3.63, 3.8) is 0 Å². The van der Waals surface area contributed by atoms with E-state index in [4.69, 9.17) is 23.8 Å². The fourth-order valence-corrected chi connectivity index (χ4v) is 6.16. The molecule has 0 radical (unpaired) electrons. The number of ether oxygens (including phenoxy) is 2. The normalized spacial score (nSPS) is 15.5. The molecule has 0 aliphatic heterocycles. The number of aliphatic hydroxyl groups is 2. The van der Waals surface area contributed by atoms with Gasteiger partial charge in [0.15, 0.2) is 6.10 Å². The maximum Gasteiger partial charge on any atom is 0.472 e. The summed E-state index contributed by atoms with van der Waals surface area (Å²) in [6.45, 7) is 1.30. The first-order valence-corrected chi connectivity index (χ1v) is 24.7. The highest BCUT2D eigenvalue weighted by atomic mass is 31.2. The van der Waals surface area contributed by atoms with Gasteiger partial charge in [-0.3, -0.25) is 23.2 Å². The van der Waals surface area contributed by atoms with Crippen LogP contribution < -0.4 is 0 Å². The third kappa shape index (κ3) is 43.4. The lowest BCUT2D eigenvalue weighted by molar-refractivity contribution is -0.161. The molecule has 0 aliphatic rings. The van der Waals surface area contributed by atoms with Crippen molar-refractivity contribution in [1.29, 1.82) is 0 Å². The van der Waals surface area contributed by atoms with Gasteiger partial charge in [-0.2, -0.15) is 0 Å². The Labute approximate surface area is 370 Å². The average molecular weight is 913 g/mol. The summed E-state index contributed by atoms with van der Waals surface area (Å²) in [5.74, 6) is -1.18. The summed E-state index contributed by atoms with van der Waals surface area (Å²) >= 11 is 0. The first-order chi connectivity index (χ1) is 29.8. The molecule has 0 spiro atoms. The molecule has 0 aromatic carbocycles. The summed E-state index contributed by atoms with van der Waals surface area (Å²) in [6.07, 6.45) is 45.7. The van der Waals surface area contributed by atoms with Crippen LogP contribution >= 0.6 is 15.6 Å².